The Kier molecular flexibility index (Phi) is 3.19. The van der Waals surface area contributed by atoms with E-state index in [4.69, 9.17) is 11.6 Å². The van der Waals surface area contributed by atoms with Crippen molar-refractivity contribution in [2.45, 2.75) is 38.6 Å². The number of amides is 1. The highest BCUT2D eigenvalue weighted by molar-refractivity contribution is 6.31. The number of benzene rings is 1. The van der Waals surface area contributed by atoms with Gasteiger partial charge in [0, 0.05) is 16.8 Å². The van der Waals surface area contributed by atoms with Gasteiger partial charge < -0.3 is 0 Å². The molecule has 1 atom stereocenters. The number of hydrogen-bond donors (Lipinski definition) is 0. The smallest absolute Gasteiger partial charge is 0.259 e. The number of carbonyl (C=O) groups excluding carboxylic acids is 1. The second-order valence-corrected chi connectivity index (χ2v) is 6.42. The number of aromatic nitrogens is 1. The summed E-state index contributed by atoms with van der Waals surface area (Å²) in [6.07, 6.45) is 7.89. The monoisotopic (exact) mass is 312 g/mol. The highest BCUT2D eigenvalue weighted by Crippen LogP contribution is 2.43. The molecule has 1 amide bonds. The predicted octanol–water partition coefficient (Wildman–Crippen LogP) is 4.34. The van der Waals surface area contributed by atoms with Crippen molar-refractivity contribution in [3.8, 4) is 0 Å². The lowest BCUT2D eigenvalue weighted by Gasteiger charge is -2.26. The third-order valence-electron chi connectivity index (χ3n) is 4.78. The Morgan fingerprint density at radius 1 is 1.32 bits per heavy atom. The molecule has 0 bridgehead atoms. The largest absolute Gasteiger partial charge is 0.299 e. The Balaban J connectivity index is 1.87. The molecule has 22 heavy (non-hydrogen) atoms. The van der Waals surface area contributed by atoms with Crippen LogP contribution in [-0.4, -0.2) is 10.9 Å². The number of hydrogen-bond acceptors (Lipinski definition) is 2. The van der Waals surface area contributed by atoms with E-state index in [2.05, 4.69) is 11.9 Å². The predicted molar refractivity (Wildman–Crippen MR) is 87.6 cm³/mol. The number of nitrogens with zero attached hydrogens (tertiary/aromatic N) is 2. The fraction of sp³-hybridized carbons (Fsp3) is 0.333. The number of fused-ring (bicyclic) bond motifs is 2. The van der Waals surface area contributed by atoms with Gasteiger partial charge in [-0.15, -0.1) is 0 Å². The van der Waals surface area contributed by atoms with Crippen LogP contribution in [0.5, 0.6) is 0 Å². The zero-order valence-corrected chi connectivity index (χ0v) is 13.2. The van der Waals surface area contributed by atoms with Gasteiger partial charge in [0.1, 0.15) is 0 Å². The summed E-state index contributed by atoms with van der Waals surface area (Å²) in [6.45, 7) is 2.11. The lowest BCUT2D eigenvalue weighted by Crippen LogP contribution is -2.28. The van der Waals surface area contributed by atoms with Gasteiger partial charge in [0.15, 0.2) is 0 Å². The summed E-state index contributed by atoms with van der Waals surface area (Å²) < 4.78 is 0. The van der Waals surface area contributed by atoms with Crippen LogP contribution in [0.1, 0.15) is 52.9 Å². The van der Waals surface area contributed by atoms with Gasteiger partial charge in [-0.05, 0) is 60.6 Å². The first kappa shape index (κ1) is 13.8. The summed E-state index contributed by atoms with van der Waals surface area (Å²) in [4.78, 5) is 19.2. The van der Waals surface area contributed by atoms with Crippen molar-refractivity contribution in [3.05, 3.63) is 57.9 Å². The number of halogens is 1. The van der Waals surface area contributed by atoms with E-state index < -0.39 is 0 Å². The Morgan fingerprint density at radius 3 is 3.00 bits per heavy atom. The van der Waals surface area contributed by atoms with Crippen molar-refractivity contribution >= 4 is 23.2 Å². The molecule has 0 N–H and O–H groups in total. The summed E-state index contributed by atoms with van der Waals surface area (Å²) in [6, 6.07) is 5.62. The van der Waals surface area contributed by atoms with Crippen LogP contribution < -0.4 is 4.90 Å². The molecule has 2 aliphatic rings. The minimum absolute atomic E-state index is 0.0510. The molecule has 2 aromatic rings. The number of pyridine rings is 1. The summed E-state index contributed by atoms with van der Waals surface area (Å²) in [7, 11) is 0. The molecule has 1 aromatic heterocycles. The number of anilines is 1. The van der Waals surface area contributed by atoms with Crippen molar-refractivity contribution in [3.63, 3.8) is 0 Å². The summed E-state index contributed by atoms with van der Waals surface area (Å²) >= 11 is 6.14. The fourth-order valence-corrected chi connectivity index (χ4v) is 3.96. The quantitative estimate of drug-likeness (QED) is 0.826. The molecule has 1 aromatic carbocycles. The summed E-state index contributed by atoms with van der Waals surface area (Å²) in [5.41, 5.74) is 5.37. The first-order valence-corrected chi connectivity index (χ1v) is 8.17. The maximum atomic E-state index is 12.9. The van der Waals surface area contributed by atoms with Crippen LogP contribution in [0.3, 0.4) is 0 Å². The number of carbonyl (C=O) groups is 1. The van der Waals surface area contributed by atoms with Crippen LogP contribution in [0.15, 0.2) is 30.6 Å². The van der Waals surface area contributed by atoms with E-state index in [1.54, 1.807) is 6.07 Å². The van der Waals surface area contributed by atoms with Crippen molar-refractivity contribution < 1.29 is 4.79 Å². The van der Waals surface area contributed by atoms with Crippen molar-refractivity contribution in [2.75, 3.05) is 4.90 Å². The third kappa shape index (κ3) is 1.88. The molecular formula is C18H17ClN2O. The molecule has 0 radical (unpaired) electrons. The molecule has 0 saturated heterocycles. The minimum Gasteiger partial charge on any atom is -0.299 e. The van der Waals surface area contributed by atoms with Gasteiger partial charge in [0.05, 0.1) is 17.9 Å². The summed E-state index contributed by atoms with van der Waals surface area (Å²) in [5.74, 6) is 0.0700. The van der Waals surface area contributed by atoms with Gasteiger partial charge in [-0.2, -0.15) is 0 Å². The van der Waals surface area contributed by atoms with Crippen LogP contribution in [0.4, 0.5) is 5.69 Å². The number of aryl methyl sites for hydroxylation is 1. The fourth-order valence-electron chi connectivity index (χ4n) is 3.78. The molecule has 0 saturated carbocycles. The van der Waals surface area contributed by atoms with Gasteiger partial charge in [0.25, 0.3) is 5.91 Å². The maximum Gasteiger partial charge on any atom is 0.259 e. The van der Waals surface area contributed by atoms with Gasteiger partial charge in [0.2, 0.25) is 0 Å². The molecule has 2 heterocycles. The molecule has 112 valence electrons. The van der Waals surface area contributed by atoms with Gasteiger partial charge in [-0.3, -0.25) is 14.7 Å². The SMILES string of the molecule is CC[C@H]1c2cc(Cl)ccc2C(=O)N1c1cncc2c1CCC2. The molecule has 0 unspecified atom stereocenters. The Bertz CT molecular complexity index is 772. The standard InChI is InChI=1S/C18H17ClN2O/c1-2-16-15-8-12(19)6-7-14(15)18(22)21(16)17-10-20-9-11-4-3-5-13(11)17/h6-10,16H,2-5H2,1H3/t16-/m0/s1. The molecule has 4 rings (SSSR count). The van der Waals surface area contributed by atoms with Gasteiger partial charge >= 0.3 is 0 Å². The van der Waals surface area contributed by atoms with E-state index in [1.165, 1.54) is 11.1 Å². The topological polar surface area (TPSA) is 33.2 Å². The Hall–Kier alpha value is -1.87. The minimum atomic E-state index is 0.0510. The van der Waals surface area contributed by atoms with Crippen LogP contribution in [0.25, 0.3) is 0 Å². The zero-order valence-electron chi connectivity index (χ0n) is 12.5. The Labute approximate surface area is 134 Å². The van der Waals surface area contributed by atoms with Crippen LogP contribution >= 0.6 is 11.6 Å². The average Bonchev–Trinajstić information content (AvgIpc) is 3.09. The average molecular weight is 313 g/mol. The first-order valence-electron chi connectivity index (χ1n) is 7.79. The lowest BCUT2D eigenvalue weighted by molar-refractivity contribution is 0.0990. The van der Waals surface area contributed by atoms with Gasteiger partial charge in [-0.25, -0.2) is 0 Å². The van der Waals surface area contributed by atoms with E-state index in [0.29, 0.717) is 5.02 Å². The molecule has 1 aliphatic carbocycles. The van der Waals surface area contributed by atoms with Crippen molar-refractivity contribution in [2.24, 2.45) is 0 Å². The highest BCUT2D eigenvalue weighted by Gasteiger charge is 2.38. The number of rotatable bonds is 2. The molecule has 4 heteroatoms. The van der Waals surface area contributed by atoms with Gasteiger partial charge in [-0.1, -0.05) is 18.5 Å². The lowest BCUT2D eigenvalue weighted by atomic mass is 10.0. The van der Waals surface area contributed by atoms with E-state index in [0.717, 1.165) is 42.5 Å². The molecule has 1 aliphatic heterocycles. The Morgan fingerprint density at radius 2 is 2.18 bits per heavy atom. The van der Waals surface area contributed by atoms with E-state index in [9.17, 15) is 4.79 Å². The van der Waals surface area contributed by atoms with E-state index in [-0.39, 0.29) is 11.9 Å². The second-order valence-electron chi connectivity index (χ2n) is 5.98. The second kappa shape index (κ2) is 5.10. The molecular weight excluding hydrogens is 296 g/mol. The van der Waals surface area contributed by atoms with E-state index >= 15 is 0 Å². The van der Waals surface area contributed by atoms with Crippen LogP contribution in [0.2, 0.25) is 5.02 Å². The van der Waals surface area contributed by atoms with Crippen molar-refractivity contribution in [1.82, 2.24) is 4.98 Å². The molecule has 0 fully saturated rings. The molecule has 3 nitrogen and oxygen atoms in total. The van der Waals surface area contributed by atoms with Crippen LogP contribution in [0, 0.1) is 0 Å². The van der Waals surface area contributed by atoms with E-state index in [1.807, 2.05) is 29.4 Å². The first-order chi connectivity index (χ1) is 10.7. The third-order valence-corrected chi connectivity index (χ3v) is 5.01. The zero-order chi connectivity index (χ0) is 15.3. The normalized spacial score (nSPS) is 19.5. The van der Waals surface area contributed by atoms with Crippen LogP contribution in [-0.2, 0) is 12.8 Å². The molecule has 0 spiro atoms. The van der Waals surface area contributed by atoms with Crippen molar-refractivity contribution in [1.29, 1.82) is 0 Å². The maximum absolute atomic E-state index is 12.9. The highest BCUT2D eigenvalue weighted by atomic mass is 35.5. The summed E-state index contributed by atoms with van der Waals surface area (Å²) in [5, 5.41) is 0.684.